The fraction of sp³-hybridized carbons (Fsp3) is 0.316. The number of hydrogen-bond acceptors (Lipinski definition) is 3. The Balaban J connectivity index is 1.77. The fourth-order valence-electron chi connectivity index (χ4n) is 2.75. The largest absolute Gasteiger partial charge is 0.377 e. The number of para-hydroxylation sites is 1. The minimum Gasteiger partial charge on any atom is -0.377 e. The number of aryl methyl sites for hydroxylation is 1. The SMILES string of the molecule is CCCOCc1ccccc1CNc1nc2cccc(F)c2n1C. The smallest absolute Gasteiger partial charge is 0.203 e. The van der Waals surface area contributed by atoms with Crippen molar-refractivity contribution in [2.75, 3.05) is 11.9 Å². The average molecular weight is 327 g/mol. The van der Waals surface area contributed by atoms with Gasteiger partial charge in [-0.05, 0) is 29.7 Å². The molecule has 5 heteroatoms. The molecule has 1 heterocycles. The monoisotopic (exact) mass is 327 g/mol. The molecular weight excluding hydrogens is 305 g/mol. The maximum absolute atomic E-state index is 14.0. The molecule has 0 aliphatic heterocycles. The van der Waals surface area contributed by atoms with Gasteiger partial charge < -0.3 is 14.6 Å². The van der Waals surface area contributed by atoms with Crippen LogP contribution in [0.25, 0.3) is 11.0 Å². The maximum Gasteiger partial charge on any atom is 0.203 e. The third-order valence-corrected chi connectivity index (χ3v) is 4.01. The van der Waals surface area contributed by atoms with Crippen LogP contribution in [-0.2, 0) is 24.9 Å². The van der Waals surface area contributed by atoms with Crippen molar-refractivity contribution in [3.05, 3.63) is 59.4 Å². The van der Waals surface area contributed by atoms with Gasteiger partial charge in [-0.15, -0.1) is 0 Å². The Morgan fingerprint density at radius 1 is 1.12 bits per heavy atom. The predicted octanol–water partition coefficient (Wildman–Crippen LogP) is 4.25. The van der Waals surface area contributed by atoms with E-state index in [1.807, 2.05) is 25.2 Å². The van der Waals surface area contributed by atoms with Crippen LogP contribution < -0.4 is 5.32 Å². The van der Waals surface area contributed by atoms with Crippen molar-refractivity contribution in [2.24, 2.45) is 7.05 Å². The van der Waals surface area contributed by atoms with Crippen LogP contribution in [0.2, 0.25) is 0 Å². The van der Waals surface area contributed by atoms with E-state index in [4.69, 9.17) is 4.74 Å². The zero-order valence-corrected chi connectivity index (χ0v) is 14.1. The van der Waals surface area contributed by atoms with Crippen LogP contribution >= 0.6 is 0 Å². The maximum atomic E-state index is 14.0. The molecule has 0 aliphatic rings. The summed E-state index contributed by atoms with van der Waals surface area (Å²) in [6.07, 6.45) is 1.01. The molecule has 0 saturated carbocycles. The van der Waals surface area contributed by atoms with E-state index in [1.165, 1.54) is 6.07 Å². The lowest BCUT2D eigenvalue weighted by Gasteiger charge is -2.11. The molecular formula is C19H22FN3O. The van der Waals surface area contributed by atoms with Crippen molar-refractivity contribution < 1.29 is 9.13 Å². The lowest BCUT2D eigenvalue weighted by Crippen LogP contribution is -2.08. The number of nitrogens with one attached hydrogen (secondary N) is 1. The number of rotatable bonds is 7. The summed E-state index contributed by atoms with van der Waals surface area (Å²) in [7, 11) is 1.82. The van der Waals surface area contributed by atoms with Gasteiger partial charge in [0.05, 0.1) is 12.1 Å². The highest BCUT2D eigenvalue weighted by molar-refractivity contribution is 5.79. The second kappa shape index (κ2) is 7.45. The molecule has 0 aliphatic carbocycles. The van der Waals surface area contributed by atoms with Crippen molar-refractivity contribution in [1.82, 2.24) is 9.55 Å². The number of hydrogen-bond donors (Lipinski definition) is 1. The van der Waals surface area contributed by atoms with Gasteiger partial charge in [0.15, 0.2) is 0 Å². The molecule has 3 aromatic rings. The van der Waals surface area contributed by atoms with Gasteiger partial charge in [-0.2, -0.15) is 0 Å². The van der Waals surface area contributed by atoms with Crippen molar-refractivity contribution in [3.63, 3.8) is 0 Å². The highest BCUT2D eigenvalue weighted by atomic mass is 19.1. The molecule has 4 nitrogen and oxygen atoms in total. The van der Waals surface area contributed by atoms with E-state index < -0.39 is 0 Å². The van der Waals surface area contributed by atoms with Crippen molar-refractivity contribution in [1.29, 1.82) is 0 Å². The third kappa shape index (κ3) is 3.41. The highest BCUT2D eigenvalue weighted by Gasteiger charge is 2.11. The van der Waals surface area contributed by atoms with Gasteiger partial charge in [-0.3, -0.25) is 0 Å². The van der Waals surface area contributed by atoms with Gasteiger partial charge in [0.1, 0.15) is 11.3 Å². The molecule has 0 bridgehead atoms. The lowest BCUT2D eigenvalue weighted by atomic mass is 10.1. The van der Waals surface area contributed by atoms with E-state index in [2.05, 4.69) is 29.4 Å². The average Bonchev–Trinajstić information content (AvgIpc) is 2.91. The van der Waals surface area contributed by atoms with E-state index in [1.54, 1.807) is 10.6 Å². The lowest BCUT2D eigenvalue weighted by molar-refractivity contribution is 0.121. The third-order valence-electron chi connectivity index (χ3n) is 4.01. The van der Waals surface area contributed by atoms with Crippen LogP contribution in [0.15, 0.2) is 42.5 Å². The number of anilines is 1. The van der Waals surface area contributed by atoms with E-state index in [0.29, 0.717) is 30.1 Å². The molecule has 0 atom stereocenters. The Morgan fingerprint density at radius 3 is 2.67 bits per heavy atom. The number of halogens is 1. The molecule has 0 saturated heterocycles. The Morgan fingerprint density at radius 2 is 1.92 bits per heavy atom. The van der Waals surface area contributed by atoms with Crippen LogP contribution in [0, 0.1) is 5.82 Å². The number of aromatic nitrogens is 2. The molecule has 1 N–H and O–H groups in total. The number of imidazole rings is 1. The Labute approximate surface area is 141 Å². The molecule has 0 radical (unpaired) electrons. The van der Waals surface area contributed by atoms with Gasteiger partial charge in [0.25, 0.3) is 0 Å². The Hall–Kier alpha value is -2.40. The first-order chi connectivity index (χ1) is 11.7. The van der Waals surface area contributed by atoms with Crippen LogP contribution in [0.3, 0.4) is 0 Å². The van der Waals surface area contributed by atoms with Crippen molar-refractivity contribution in [2.45, 2.75) is 26.5 Å². The summed E-state index contributed by atoms with van der Waals surface area (Å²) in [6.45, 7) is 4.07. The second-order valence-electron chi connectivity index (χ2n) is 5.78. The second-order valence-corrected chi connectivity index (χ2v) is 5.78. The van der Waals surface area contributed by atoms with Crippen LogP contribution in [0.5, 0.6) is 0 Å². The van der Waals surface area contributed by atoms with Crippen LogP contribution in [0.1, 0.15) is 24.5 Å². The summed E-state index contributed by atoms with van der Waals surface area (Å²) in [4.78, 5) is 4.47. The van der Waals surface area contributed by atoms with E-state index >= 15 is 0 Å². The summed E-state index contributed by atoms with van der Waals surface area (Å²) < 4.78 is 21.4. The van der Waals surface area contributed by atoms with Gasteiger partial charge in [0, 0.05) is 20.2 Å². The standard InChI is InChI=1S/C19H22FN3O/c1-3-11-24-13-15-8-5-4-7-14(15)12-21-19-22-17-10-6-9-16(20)18(17)23(19)2/h4-10H,3,11-13H2,1-2H3,(H,21,22). The van der Waals surface area contributed by atoms with E-state index in [-0.39, 0.29) is 5.82 Å². The molecule has 126 valence electrons. The molecule has 1 aromatic heterocycles. The molecule has 24 heavy (non-hydrogen) atoms. The summed E-state index contributed by atoms with van der Waals surface area (Å²) in [5.74, 6) is 0.392. The summed E-state index contributed by atoms with van der Waals surface area (Å²) >= 11 is 0. The number of ether oxygens (including phenoxy) is 1. The van der Waals surface area contributed by atoms with Gasteiger partial charge in [-0.25, -0.2) is 9.37 Å². The number of benzene rings is 2. The first-order valence-corrected chi connectivity index (χ1v) is 8.20. The Bertz CT molecular complexity index is 829. The molecule has 0 spiro atoms. The highest BCUT2D eigenvalue weighted by Crippen LogP contribution is 2.21. The normalized spacial score (nSPS) is 11.1. The number of fused-ring (bicyclic) bond motifs is 1. The Kier molecular flexibility index (Phi) is 5.11. The topological polar surface area (TPSA) is 39.1 Å². The van der Waals surface area contributed by atoms with Crippen molar-refractivity contribution in [3.8, 4) is 0 Å². The fourth-order valence-corrected chi connectivity index (χ4v) is 2.75. The molecule has 3 rings (SSSR count). The van der Waals surface area contributed by atoms with Crippen LogP contribution in [-0.4, -0.2) is 16.2 Å². The quantitative estimate of drug-likeness (QED) is 0.659. The summed E-state index contributed by atoms with van der Waals surface area (Å²) in [5.41, 5.74) is 3.48. The first-order valence-electron chi connectivity index (χ1n) is 8.20. The minimum atomic E-state index is -0.260. The van der Waals surface area contributed by atoms with E-state index in [0.717, 1.165) is 24.2 Å². The van der Waals surface area contributed by atoms with Gasteiger partial charge >= 0.3 is 0 Å². The first kappa shape index (κ1) is 16.5. The summed E-state index contributed by atoms with van der Waals surface area (Å²) in [6, 6.07) is 13.1. The molecule has 0 fully saturated rings. The van der Waals surface area contributed by atoms with Crippen molar-refractivity contribution >= 4 is 17.0 Å². The summed E-state index contributed by atoms with van der Waals surface area (Å²) in [5, 5.41) is 3.31. The van der Waals surface area contributed by atoms with Gasteiger partial charge in [-0.1, -0.05) is 37.3 Å². The number of nitrogens with zero attached hydrogens (tertiary/aromatic N) is 2. The predicted molar refractivity (Wildman–Crippen MR) is 94.4 cm³/mol. The molecule has 0 unspecified atom stereocenters. The molecule has 0 amide bonds. The van der Waals surface area contributed by atoms with E-state index in [9.17, 15) is 4.39 Å². The minimum absolute atomic E-state index is 0.260. The van der Waals surface area contributed by atoms with Crippen LogP contribution in [0.4, 0.5) is 10.3 Å². The molecule has 2 aromatic carbocycles. The zero-order chi connectivity index (χ0) is 16.9. The van der Waals surface area contributed by atoms with Gasteiger partial charge in [0.2, 0.25) is 5.95 Å². The zero-order valence-electron chi connectivity index (χ0n) is 14.1.